The Kier molecular flexibility index (Phi) is 2.43. The van der Waals surface area contributed by atoms with Crippen LogP contribution in [0.1, 0.15) is 33.1 Å². The lowest BCUT2D eigenvalue weighted by Crippen LogP contribution is -2.37. The molecule has 0 aromatic carbocycles. The highest BCUT2D eigenvalue weighted by Crippen LogP contribution is 2.25. The first-order valence-corrected chi connectivity index (χ1v) is 5.22. The zero-order chi connectivity index (χ0) is 9.31. The minimum Gasteiger partial charge on any atom is -0.374 e. The predicted molar refractivity (Wildman–Crippen MR) is 53.7 cm³/mol. The number of ether oxygens (including phenoxy) is 1. The van der Waals surface area contributed by atoms with Crippen LogP contribution in [0.15, 0.2) is 12.2 Å². The van der Waals surface area contributed by atoms with E-state index in [0.29, 0.717) is 12.1 Å². The second-order valence-electron chi connectivity index (χ2n) is 4.75. The number of rotatable bonds is 2. The molecule has 0 radical (unpaired) electrons. The van der Waals surface area contributed by atoms with E-state index in [9.17, 15) is 0 Å². The smallest absolute Gasteiger partial charge is 0.0643 e. The Morgan fingerprint density at radius 2 is 2.31 bits per heavy atom. The normalized spacial score (nSPS) is 37.1. The quantitative estimate of drug-likeness (QED) is 0.657. The van der Waals surface area contributed by atoms with Crippen LogP contribution in [0, 0.1) is 0 Å². The topological polar surface area (TPSA) is 21.3 Å². The molecule has 0 aromatic rings. The van der Waals surface area contributed by atoms with Gasteiger partial charge in [-0.05, 0) is 33.1 Å². The van der Waals surface area contributed by atoms with Crippen molar-refractivity contribution in [2.24, 2.45) is 0 Å². The molecule has 1 N–H and O–H groups in total. The molecule has 0 amide bonds. The van der Waals surface area contributed by atoms with Gasteiger partial charge in [0.05, 0.1) is 12.2 Å². The minimum atomic E-state index is 0.0833. The van der Waals surface area contributed by atoms with Gasteiger partial charge in [-0.3, -0.25) is 0 Å². The van der Waals surface area contributed by atoms with E-state index >= 15 is 0 Å². The summed E-state index contributed by atoms with van der Waals surface area (Å²) in [4.78, 5) is 0. The number of hydrogen-bond donors (Lipinski definition) is 1. The van der Waals surface area contributed by atoms with Crippen LogP contribution in [0.3, 0.4) is 0 Å². The largest absolute Gasteiger partial charge is 0.374 e. The van der Waals surface area contributed by atoms with Gasteiger partial charge in [0.2, 0.25) is 0 Å². The molecule has 1 fully saturated rings. The molecule has 2 nitrogen and oxygen atoms in total. The Morgan fingerprint density at radius 3 is 2.85 bits per heavy atom. The van der Waals surface area contributed by atoms with Crippen molar-refractivity contribution >= 4 is 0 Å². The zero-order valence-electron chi connectivity index (χ0n) is 8.55. The summed E-state index contributed by atoms with van der Waals surface area (Å²) >= 11 is 0. The Bertz CT molecular complexity index is 210. The molecule has 0 spiro atoms. The van der Waals surface area contributed by atoms with Gasteiger partial charge < -0.3 is 10.1 Å². The van der Waals surface area contributed by atoms with Gasteiger partial charge in [0, 0.05) is 12.1 Å². The molecule has 0 bridgehead atoms. The van der Waals surface area contributed by atoms with Crippen molar-refractivity contribution in [2.45, 2.75) is 50.8 Å². The van der Waals surface area contributed by atoms with Crippen molar-refractivity contribution in [1.29, 1.82) is 0 Å². The molecule has 2 unspecified atom stereocenters. The van der Waals surface area contributed by atoms with Crippen molar-refractivity contribution in [2.75, 3.05) is 6.61 Å². The number of nitrogens with one attached hydrogen (secondary N) is 1. The van der Waals surface area contributed by atoms with Crippen molar-refractivity contribution in [1.82, 2.24) is 5.32 Å². The van der Waals surface area contributed by atoms with Crippen LogP contribution in [-0.2, 0) is 4.74 Å². The van der Waals surface area contributed by atoms with Crippen LogP contribution in [0.4, 0.5) is 0 Å². The van der Waals surface area contributed by atoms with Gasteiger partial charge in [0.15, 0.2) is 0 Å². The van der Waals surface area contributed by atoms with E-state index < -0.39 is 0 Å². The van der Waals surface area contributed by atoms with E-state index in [4.69, 9.17) is 4.74 Å². The maximum atomic E-state index is 5.68. The third-order valence-electron chi connectivity index (χ3n) is 2.88. The molecule has 1 aliphatic carbocycles. The van der Waals surface area contributed by atoms with Crippen LogP contribution in [0.25, 0.3) is 0 Å². The molecular formula is C11H19NO. The van der Waals surface area contributed by atoms with E-state index in [1.54, 1.807) is 0 Å². The summed E-state index contributed by atoms with van der Waals surface area (Å²) in [5.41, 5.74) is 0.0833. The van der Waals surface area contributed by atoms with Crippen LogP contribution in [0.2, 0.25) is 0 Å². The van der Waals surface area contributed by atoms with E-state index in [2.05, 4.69) is 31.3 Å². The molecule has 1 aliphatic heterocycles. The van der Waals surface area contributed by atoms with Crippen LogP contribution >= 0.6 is 0 Å². The third kappa shape index (κ3) is 2.32. The Morgan fingerprint density at radius 1 is 1.46 bits per heavy atom. The first-order chi connectivity index (χ1) is 6.16. The minimum absolute atomic E-state index is 0.0833. The highest BCUT2D eigenvalue weighted by atomic mass is 16.5. The summed E-state index contributed by atoms with van der Waals surface area (Å²) in [6.07, 6.45) is 8.17. The maximum Gasteiger partial charge on any atom is 0.0643 e. The lowest BCUT2D eigenvalue weighted by atomic mass is 10.0. The molecule has 2 atom stereocenters. The second-order valence-corrected chi connectivity index (χ2v) is 4.75. The fraction of sp³-hybridized carbons (Fsp3) is 0.818. The molecule has 1 saturated heterocycles. The van der Waals surface area contributed by atoms with Gasteiger partial charge in [-0.25, -0.2) is 0 Å². The lowest BCUT2D eigenvalue weighted by molar-refractivity contribution is 0.0356. The van der Waals surface area contributed by atoms with Gasteiger partial charge >= 0.3 is 0 Å². The fourth-order valence-corrected chi connectivity index (χ4v) is 2.22. The van der Waals surface area contributed by atoms with E-state index in [0.717, 1.165) is 13.0 Å². The van der Waals surface area contributed by atoms with E-state index in [-0.39, 0.29) is 5.60 Å². The van der Waals surface area contributed by atoms with E-state index in [1.165, 1.54) is 12.8 Å². The average Bonchev–Trinajstić information content (AvgIpc) is 2.61. The summed E-state index contributed by atoms with van der Waals surface area (Å²) in [7, 11) is 0. The summed E-state index contributed by atoms with van der Waals surface area (Å²) in [6, 6.07) is 1.16. The van der Waals surface area contributed by atoms with E-state index in [1.807, 2.05) is 0 Å². The van der Waals surface area contributed by atoms with Crippen molar-refractivity contribution in [3.63, 3.8) is 0 Å². The molecule has 0 saturated carbocycles. The van der Waals surface area contributed by atoms with Crippen LogP contribution < -0.4 is 5.32 Å². The zero-order valence-corrected chi connectivity index (χ0v) is 8.55. The maximum absolute atomic E-state index is 5.68. The summed E-state index contributed by atoms with van der Waals surface area (Å²) in [5.74, 6) is 0. The number of hydrogen-bond acceptors (Lipinski definition) is 2. The highest BCUT2D eigenvalue weighted by molar-refractivity contribution is 5.02. The number of allylic oxidation sites excluding steroid dienone is 1. The predicted octanol–water partition coefficient (Wildman–Crippen LogP) is 1.86. The summed E-state index contributed by atoms with van der Waals surface area (Å²) < 4.78 is 5.68. The van der Waals surface area contributed by atoms with Gasteiger partial charge in [0.25, 0.3) is 0 Å². The molecule has 1 heterocycles. The van der Waals surface area contributed by atoms with Crippen LogP contribution in [0.5, 0.6) is 0 Å². The van der Waals surface area contributed by atoms with Gasteiger partial charge in [-0.1, -0.05) is 12.2 Å². The summed E-state index contributed by atoms with van der Waals surface area (Å²) in [6.45, 7) is 5.20. The SMILES string of the molecule is CC1(C)CC(NC2C=CCC2)CO1. The Balaban J connectivity index is 1.80. The third-order valence-corrected chi connectivity index (χ3v) is 2.88. The van der Waals surface area contributed by atoms with Gasteiger partial charge in [-0.15, -0.1) is 0 Å². The molecule has 13 heavy (non-hydrogen) atoms. The van der Waals surface area contributed by atoms with Crippen molar-refractivity contribution in [3.8, 4) is 0 Å². The first kappa shape index (κ1) is 9.22. The van der Waals surface area contributed by atoms with Crippen molar-refractivity contribution < 1.29 is 4.74 Å². The molecule has 2 aliphatic rings. The molecule has 2 rings (SSSR count). The molecular weight excluding hydrogens is 162 g/mol. The standard InChI is InChI=1S/C11H19NO/c1-11(2)7-10(8-13-11)12-9-5-3-4-6-9/h3,5,9-10,12H,4,6-8H2,1-2H3. The monoisotopic (exact) mass is 181 g/mol. The average molecular weight is 181 g/mol. The fourth-order valence-electron chi connectivity index (χ4n) is 2.22. The summed E-state index contributed by atoms with van der Waals surface area (Å²) in [5, 5.41) is 3.62. The Labute approximate surface area is 80.4 Å². The first-order valence-electron chi connectivity index (χ1n) is 5.22. The molecule has 2 heteroatoms. The lowest BCUT2D eigenvalue weighted by Gasteiger charge is -2.18. The highest BCUT2D eigenvalue weighted by Gasteiger charge is 2.32. The molecule has 0 aromatic heterocycles. The van der Waals surface area contributed by atoms with Gasteiger partial charge in [0.1, 0.15) is 0 Å². The van der Waals surface area contributed by atoms with Gasteiger partial charge in [-0.2, -0.15) is 0 Å². The second kappa shape index (κ2) is 3.43. The van der Waals surface area contributed by atoms with Crippen molar-refractivity contribution in [3.05, 3.63) is 12.2 Å². The van der Waals surface area contributed by atoms with Crippen LogP contribution in [-0.4, -0.2) is 24.3 Å². The Hall–Kier alpha value is -0.340. The molecule has 74 valence electrons.